The number of ether oxygens (including phenoxy) is 1. The van der Waals surface area contributed by atoms with Gasteiger partial charge in [0, 0.05) is 12.1 Å². The molecule has 0 saturated heterocycles. The molecule has 3 aromatic rings. The molecule has 4 nitrogen and oxygen atoms in total. The topological polar surface area (TPSA) is 42.4 Å². The average Bonchev–Trinajstić information content (AvgIpc) is 2.97. The van der Waals surface area contributed by atoms with Gasteiger partial charge in [-0.15, -0.1) is 11.3 Å². The SMILES string of the molecule is CC(C)Oc1ccc(Cl)cc1C(=O)N(C)Cc1nc2ccccc2s1. The number of halogens is 1. The molecule has 0 radical (unpaired) electrons. The van der Waals surface area contributed by atoms with Crippen molar-refractivity contribution >= 4 is 39.1 Å². The number of hydrogen-bond donors (Lipinski definition) is 0. The molecule has 6 heteroatoms. The number of hydrogen-bond acceptors (Lipinski definition) is 4. The summed E-state index contributed by atoms with van der Waals surface area (Å²) in [4.78, 5) is 19.1. The monoisotopic (exact) mass is 374 g/mol. The smallest absolute Gasteiger partial charge is 0.257 e. The minimum absolute atomic E-state index is 0.0257. The summed E-state index contributed by atoms with van der Waals surface area (Å²) in [5.74, 6) is 0.401. The molecule has 0 atom stereocenters. The van der Waals surface area contributed by atoms with Crippen molar-refractivity contribution in [3.63, 3.8) is 0 Å². The second-order valence-electron chi connectivity index (χ2n) is 6.04. The lowest BCUT2D eigenvalue weighted by atomic mass is 10.1. The van der Waals surface area contributed by atoms with Gasteiger partial charge in [-0.25, -0.2) is 4.98 Å². The number of amides is 1. The molecule has 0 aliphatic heterocycles. The van der Waals surface area contributed by atoms with Crippen molar-refractivity contribution in [1.29, 1.82) is 0 Å². The number of benzene rings is 2. The Kier molecular flexibility index (Phi) is 5.25. The Morgan fingerprint density at radius 1 is 1.28 bits per heavy atom. The van der Waals surface area contributed by atoms with E-state index in [1.54, 1.807) is 41.5 Å². The fourth-order valence-corrected chi connectivity index (χ4v) is 3.69. The quantitative estimate of drug-likeness (QED) is 0.630. The Morgan fingerprint density at radius 3 is 2.76 bits per heavy atom. The van der Waals surface area contributed by atoms with E-state index in [-0.39, 0.29) is 12.0 Å². The lowest BCUT2D eigenvalue weighted by Gasteiger charge is -2.19. The molecule has 0 bridgehead atoms. The summed E-state index contributed by atoms with van der Waals surface area (Å²) < 4.78 is 6.87. The highest BCUT2D eigenvalue weighted by atomic mass is 35.5. The van der Waals surface area contributed by atoms with Gasteiger partial charge in [-0.1, -0.05) is 23.7 Å². The molecule has 1 heterocycles. The summed E-state index contributed by atoms with van der Waals surface area (Å²) in [7, 11) is 1.76. The van der Waals surface area contributed by atoms with Crippen molar-refractivity contribution in [1.82, 2.24) is 9.88 Å². The lowest BCUT2D eigenvalue weighted by molar-refractivity contribution is 0.0779. The number of fused-ring (bicyclic) bond motifs is 1. The van der Waals surface area contributed by atoms with E-state index in [9.17, 15) is 4.79 Å². The molecular weight excluding hydrogens is 356 g/mol. The summed E-state index contributed by atoms with van der Waals surface area (Å²) >= 11 is 7.67. The largest absolute Gasteiger partial charge is 0.490 e. The predicted octanol–water partition coefficient (Wildman–Crippen LogP) is 5.01. The third kappa shape index (κ3) is 4.11. The van der Waals surface area contributed by atoms with Gasteiger partial charge in [0.05, 0.1) is 28.4 Å². The number of aromatic nitrogens is 1. The fraction of sp³-hybridized carbons (Fsp3) is 0.263. The van der Waals surface area contributed by atoms with Crippen molar-refractivity contribution in [2.75, 3.05) is 7.05 Å². The summed E-state index contributed by atoms with van der Waals surface area (Å²) in [6, 6.07) is 13.1. The van der Waals surface area contributed by atoms with Crippen LogP contribution in [0.15, 0.2) is 42.5 Å². The normalized spacial score (nSPS) is 11.1. The molecule has 2 aromatic carbocycles. The summed E-state index contributed by atoms with van der Waals surface area (Å²) in [5.41, 5.74) is 1.42. The van der Waals surface area contributed by atoms with Crippen molar-refractivity contribution < 1.29 is 9.53 Å². The maximum absolute atomic E-state index is 12.9. The second-order valence-corrected chi connectivity index (χ2v) is 7.60. The molecule has 0 unspecified atom stereocenters. The van der Waals surface area contributed by atoms with Crippen LogP contribution in [0.2, 0.25) is 5.02 Å². The Bertz CT molecular complexity index is 874. The first-order valence-corrected chi connectivity index (χ1v) is 9.19. The van der Waals surface area contributed by atoms with Gasteiger partial charge < -0.3 is 9.64 Å². The van der Waals surface area contributed by atoms with Gasteiger partial charge in [0.2, 0.25) is 0 Å². The maximum Gasteiger partial charge on any atom is 0.257 e. The van der Waals surface area contributed by atoms with Crippen molar-refractivity contribution in [2.45, 2.75) is 26.5 Å². The van der Waals surface area contributed by atoms with Gasteiger partial charge in [0.25, 0.3) is 5.91 Å². The minimum Gasteiger partial charge on any atom is -0.490 e. The summed E-state index contributed by atoms with van der Waals surface area (Å²) in [6.45, 7) is 4.28. The van der Waals surface area contributed by atoms with Crippen molar-refractivity contribution in [3.05, 3.63) is 58.1 Å². The Morgan fingerprint density at radius 2 is 2.04 bits per heavy atom. The third-order valence-corrected chi connectivity index (χ3v) is 4.85. The van der Waals surface area contributed by atoms with E-state index in [1.165, 1.54) is 0 Å². The van der Waals surface area contributed by atoms with Crippen molar-refractivity contribution in [3.8, 4) is 5.75 Å². The number of nitrogens with zero attached hydrogens (tertiary/aromatic N) is 2. The first kappa shape index (κ1) is 17.7. The van der Waals surface area contributed by atoms with Gasteiger partial charge in [0.15, 0.2) is 0 Å². The van der Waals surface area contributed by atoms with Crippen LogP contribution >= 0.6 is 22.9 Å². The van der Waals surface area contributed by atoms with E-state index >= 15 is 0 Å². The molecule has 0 aliphatic carbocycles. The number of carbonyl (C=O) groups excluding carboxylic acids is 1. The molecular formula is C19H19ClN2O2S. The molecule has 0 fully saturated rings. The van der Waals surface area contributed by atoms with Gasteiger partial charge in [-0.05, 0) is 44.2 Å². The average molecular weight is 375 g/mol. The summed E-state index contributed by atoms with van der Waals surface area (Å²) in [5, 5.41) is 1.40. The molecule has 0 spiro atoms. The predicted molar refractivity (Wildman–Crippen MR) is 103 cm³/mol. The standard InChI is InChI=1S/C19H19ClN2O2S/c1-12(2)24-16-9-8-13(20)10-14(16)19(23)22(3)11-18-21-15-6-4-5-7-17(15)25-18/h4-10,12H,11H2,1-3H3. The third-order valence-electron chi connectivity index (χ3n) is 3.59. The van der Waals surface area contributed by atoms with Crippen LogP contribution in [-0.4, -0.2) is 28.9 Å². The highest BCUT2D eigenvalue weighted by Crippen LogP contribution is 2.27. The fourth-order valence-electron chi connectivity index (χ4n) is 2.49. The molecule has 130 valence electrons. The van der Waals surface area contributed by atoms with Gasteiger partial charge in [-0.2, -0.15) is 0 Å². The van der Waals surface area contributed by atoms with Gasteiger partial charge in [0.1, 0.15) is 10.8 Å². The zero-order chi connectivity index (χ0) is 18.0. The molecule has 0 N–H and O–H groups in total. The lowest BCUT2D eigenvalue weighted by Crippen LogP contribution is -2.27. The molecule has 1 amide bonds. The van der Waals surface area contributed by atoms with E-state index in [0.29, 0.717) is 22.9 Å². The summed E-state index contributed by atoms with van der Waals surface area (Å²) in [6.07, 6.45) is -0.0257. The van der Waals surface area contributed by atoms with E-state index in [1.807, 2.05) is 38.1 Å². The Hall–Kier alpha value is -2.11. The van der Waals surface area contributed by atoms with Gasteiger partial charge >= 0.3 is 0 Å². The van der Waals surface area contributed by atoms with Crippen LogP contribution in [0.3, 0.4) is 0 Å². The molecule has 25 heavy (non-hydrogen) atoms. The maximum atomic E-state index is 12.9. The Balaban J connectivity index is 1.83. The van der Waals surface area contributed by atoms with Crippen LogP contribution in [0.25, 0.3) is 10.2 Å². The van der Waals surface area contributed by atoms with Crippen LogP contribution in [-0.2, 0) is 6.54 Å². The van der Waals surface area contributed by atoms with Crippen LogP contribution in [0.5, 0.6) is 5.75 Å². The van der Waals surface area contributed by atoms with Crippen LogP contribution in [0.4, 0.5) is 0 Å². The number of thiazole rings is 1. The Labute approximate surface area is 156 Å². The zero-order valence-corrected chi connectivity index (χ0v) is 15.9. The van der Waals surface area contributed by atoms with E-state index in [0.717, 1.165) is 15.2 Å². The second kappa shape index (κ2) is 7.42. The van der Waals surface area contributed by atoms with E-state index < -0.39 is 0 Å². The minimum atomic E-state index is -0.141. The van der Waals surface area contributed by atoms with Crippen molar-refractivity contribution in [2.24, 2.45) is 0 Å². The first-order chi connectivity index (χ1) is 11.9. The highest BCUT2D eigenvalue weighted by Gasteiger charge is 2.19. The number of para-hydroxylation sites is 1. The molecule has 3 rings (SSSR count). The van der Waals surface area contributed by atoms with E-state index in [2.05, 4.69) is 4.98 Å². The zero-order valence-electron chi connectivity index (χ0n) is 14.3. The first-order valence-electron chi connectivity index (χ1n) is 8.00. The molecule has 1 aromatic heterocycles. The number of rotatable bonds is 5. The van der Waals surface area contributed by atoms with Gasteiger partial charge in [-0.3, -0.25) is 4.79 Å². The van der Waals surface area contributed by atoms with E-state index in [4.69, 9.17) is 16.3 Å². The van der Waals surface area contributed by atoms with Crippen LogP contribution in [0, 0.1) is 0 Å². The molecule has 0 aliphatic rings. The van der Waals surface area contributed by atoms with Crippen LogP contribution < -0.4 is 4.74 Å². The number of carbonyl (C=O) groups is 1. The van der Waals surface area contributed by atoms with Crippen LogP contribution in [0.1, 0.15) is 29.2 Å². The highest BCUT2D eigenvalue weighted by molar-refractivity contribution is 7.18. The molecule has 0 saturated carbocycles.